The number of nitrogens with one attached hydrogen (secondary N) is 2. The number of pyridine rings is 1. The average Bonchev–Trinajstić information content (AvgIpc) is 3.63. The molecule has 4 N–H and O–H groups in total. The van der Waals surface area contributed by atoms with Crippen LogP contribution in [0.15, 0.2) is 46.1 Å². The predicted octanol–water partition coefficient (Wildman–Crippen LogP) is -1.94. The molecule has 0 bridgehead atoms. The number of amides is 2. The molecule has 208 valence electrons. The highest BCUT2D eigenvalue weighted by molar-refractivity contribution is 8.00. The first-order valence-corrected chi connectivity index (χ1v) is 14.5. The van der Waals surface area contributed by atoms with Gasteiger partial charge in [-0.3, -0.25) is 14.5 Å². The summed E-state index contributed by atoms with van der Waals surface area (Å²) in [6.07, 6.45) is 3.64. The highest BCUT2D eigenvalue weighted by atomic mass is 32.2. The van der Waals surface area contributed by atoms with Crippen LogP contribution < -0.4 is 20.7 Å². The first-order valence-electron chi connectivity index (χ1n) is 11.7. The molecule has 0 aromatic carbocycles. The van der Waals surface area contributed by atoms with E-state index in [1.54, 1.807) is 6.92 Å². The highest BCUT2D eigenvalue weighted by Gasteiger charge is 2.53. The number of H-pyrrole nitrogens is 1. The second-order valence-corrected chi connectivity index (χ2v) is 11.1. The van der Waals surface area contributed by atoms with E-state index in [1.165, 1.54) is 23.5 Å². The van der Waals surface area contributed by atoms with Crippen molar-refractivity contribution in [1.29, 1.82) is 0 Å². The molecule has 5 heterocycles. The molecule has 19 heteroatoms. The van der Waals surface area contributed by atoms with E-state index in [4.69, 9.17) is 10.6 Å². The molecule has 0 radical (unpaired) electrons. The van der Waals surface area contributed by atoms with Crippen molar-refractivity contribution in [1.82, 2.24) is 40.2 Å². The molecule has 2 amide bonds. The Hall–Kier alpha value is -4.10. The molecule has 2 aliphatic rings. The van der Waals surface area contributed by atoms with Gasteiger partial charge in [-0.25, -0.2) is 4.57 Å². The summed E-state index contributed by atoms with van der Waals surface area (Å²) in [5, 5.41) is 32.2. The molecular weight excluding hydrogens is 583 g/mol. The third kappa shape index (κ3) is 5.75. The first kappa shape index (κ1) is 27.5. The van der Waals surface area contributed by atoms with Crippen LogP contribution in [0.3, 0.4) is 0 Å². The number of β-lactam (4-membered cyclic amide) rings is 1. The predicted molar refractivity (Wildman–Crippen MR) is 140 cm³/mol. The number of oxime groups is 1. The summed E-state index contributed by atoms with van der Waals surface area (Å²) < 4.78 is 5.79. The topological polar surface area (TPSA) is 221 Å². The number of tetrazole rings is 1. The summed E-state index contributed by atoms with van der Waals surface area (Å²) in [6.45, 7) is 2.11. The van der Waals surface area contributed by atoms with E-state index in [9.17, 15) is 19.5 Å². The number of carbonyl (C=O) groups is 3. The van der Waals surface area contributed by atoms with Gasteiger partial charge >= 0.3 is 0 Å². The number of nitrogen functional groups attached to an aromatic ring is 1. The lowest BCUT2D eigenvalue weighted by atomic mass is 10.0. The molecule has 1 saturated heterocycles. The Morgan fingerprint density at radius 3 is 2.85 bits per heavy atom. The van der Waals surface area contributed by atoms with Crippen molar-refractivity contribution < 1.29 is 28.9 Å². The molecule has 1 fully saturated rings. The van der Waals surface area contributed by atoms with Crippen molar-refractivity contribution in [2.45, 2.75) is 35.8 Å². The molecule has 3 aromatic rings. The Balaban J connectivity index is 1.27. The van der Waals surface area contributed by atoms with Crippen LogP contribution in [0.4, 0.5) is 5.13 Å². The number of anilines is 1. The maximum Gasteiger partial charge on any atom is 0.278 e. The van der Waals surface area contributed by atoms with Crippen LogP contribution in [0.1, 0.15) is 18.3 Å². The standard InChI is InChI=1S/C21H21N11O5S3/c1-2-37-27-12(15-24-20(22)40-28-15)16(33)23-13-17(34)32-14(19(35)36)11(9-38-18(13)32)7-31-5-3-10(4-6-31)8-39-21-25-29-30-26-21/h3-6,13,18H,2,7-9H2,1H3,(H4-,22,23,24,25,26,28,29,30,33,35,36)/t13?,18-/m1/s1. The normalized spacial score (nSPS) is 18.8. The minimum atomic E-state index is -1.46. The van der Waals surface area contributed by atoms with Crippen LogP contribution in [0.25, 0.3) is 0 Å². The van der Waals surface area contributed by atoms with Gasteiger partial charge in [-0.15, -0.1) is 22.0 Å². The van der Waals surface area contributed by atoms with Crippen LogP contribution in [-0.2, 0) is 31.5 Å². The number of aromatic nitrogens is 7. The molecule has 1 unspecified atom stereocenters. The molecule has 2 atom stereocenters. The molecule has 0 saturated carbocycles. The molecule has 3 aromatic heterocycles. The van der Waals surface area contributed by atoms with E-state index < -0.39 is 29.2 Å². The zero-order valence-corrected chi connectivity index (χ0v) is 23.2. The fourth-order valence-electron chi connectivity index (χ4n) is 3.92. The first-order chi connectivity index (χ1) is 19.4. The number of carbonyl (C=O) groups excluding carboxylic acids is 3. The summed E-state index contributed by atoms with van der Waals surface area (Å²) in [5.74, 6) is -1.89. The zero-order chi connectivity index (χ0) is 28.2. The number of hydrogen-bond donors (Lipinski definition) is 3. The van der Waals surface area contributed by atoms with E-state index in [-0.39, 0.29) is 35.5 Å². The summed E-state index contributed by atoms with van der Waals surface area (Å²) >= 11 is 3.63. The van der Waals surface area contributed by atoms with Crippen LogP contribution in [-0.4, -0.2) is 82.2 Å². The van der Waals surface area contributed by atoms with Gasteiger partial charge in [0.25, 0.3) is 11.8 Å². The molecule has 5 rings (SSSR count). The van der Waals surface area contributed by atoms with Crippen molar-refractivity contribution in [2.24, 2.45) is 5.16 Å². The summed E-state index contributed by atoms with van der Waals surface area (Å²) in [4.78, 5) is 48.3. The van der Waals surface area contributed by atoms with Crippen LogP contribution in [0.5, 0.6) is 0 Å². The summed E-state index contributed by atoms with van der Waals surface area (Å²) in [5.41, 5.74) is 6.71. The van der Waals surface area contributed by atoms with E-state index in [1.807, 2.05) is 29.1 Å². The SMILES string of the molecule is CCON=C(C(=O)NC1C(=O)N2C(C(=O)[O-])=C(C[n+]3ccc(CSc4nn[nH]n4)cc3)CS[C@H]12)c1nsc(N)n1. The second kappa shape index (κ2) is 12.0. The van der Waals surface area contributed by atoms with Crippen molar-refractivity contribution in [2.75, 3.05) is 18.1 Å². The minimum absolute atomic E-state index is 0.0394. The average molecular weight is 604 g/mol. The van der Waals surface area contributed by atoms with Crippen LogP contribution in [0, 0.1) is 0 Å². The molecular formula is C21H21N11O5S3. The van der Waals surface area contributed by atoms with Gasteiger partial charge in [-0.05, 0) is 17.7 Å². The molecule has 16 nitrogen and oxygen atoms in total. The van der Waals surface area contributed by atoms with Crippen LogP contribution >= 0.6 is 35.1 Å². The Morgan fingerprint density at radius 1 is 1.40 bits per heavy atom. The third-order valence-corrected chi connectivity index (χ3v) is 8.50. The fraction of sp³-hybridized carbons (Fsp3) is 0.333. The Kier molecular flexibility index (Phi) is 8.21. The number of aliphatic carboxylic acids is 1. The lowest BCUT2D eigenvalue weighted by molar-refractivity contribution is -0.689. The van der Waals surface area contributed by atoms with E-state index in [0.29, 0.717) is 22.2 Å². The van der Waals surface area contributed by atoms with E-state index in [2.05, 4.69) is 40.5 Å². The Labute approximate surface area is 238 Å². The van der Waals surface area contributed by atoms with Crippen molar-refractivity contribution in [3.63, 3.8) is 0 Å². The lowest BCUT2D eigenvalue weighted by Gasteiger charge is -2.50. The number of carboxylic acids is 1. The van der Waals surface area contributed by atoms with E-state index in [0.717, 1.165) is 22.0 Å². The number of carboxylic acid groups (broad SMARTS) is 1. The number of nitrogens with two attached hydrogens (primary N) is 1. The third-order valence-electron chi connectivity index (χ3n) is 5.71. The molecule has 0 spiro atoms. The van der Waals surface area contributed by atoms with Crippen molar-refractivity contribution >= 4 is 63.7 Å². The van der Waals surface area contributed by atoms with Gasteiger partial charge in [0.2, 0.25) is 16.7 Å². The van der Waals surface area contributed by atoms with Crippen LogP contribution in [0.2, 0.25) is 0 Å². The monoisotopic (exact) mass is 603 g/mol. The van der Waals surface area contributed by atoms with Gasteiger partial charge in [0.1, 0.15) is 18.0 Å². The Morgan fingerprint density at radius 2 is 2.20 bits per heavy atom. The summed E-state index contributed by atoms with van der Waals surface area (Å²) in [6, 6.07) is 2.81. The van der Waals surface area contributed by atoms with Crippen molar-refractivity contribution in [3.05, 3.63) is 47.2 Å². The van der Waals surface area contributed by atoms with Gasteiger partial charge < -0.3 is 25.8 Å². The van der Waals surface area contributed by atoms with E-state index >= 15 is 0 Å². The second-order valence-electron chi connectivity index (χ2n) is 8.28. The molecule has 40 heavy (non-hydrogen) atoms. The molecule has 0 aliphatic carbocycles. The van der Waals surface area contributed by atoms with Gasteiger partial charge in [0.05, 0.1) is 11.7 Å². The number of fused-ring (bicyclic) bond motifs is 1. The molecule has 2 aliphatic heterocycles. The quantitative estimate of drug-likeness (QED) is 0.0714. The zero-order valence-electron chi connectivity index (χ0n) is 20.7. The largest absolute Gasteiger partial charge is 0.543 e. The summed E-state index contributed by atoms with van der Waals surface area (Å²) in [7, 11) is 0. The van der Waals surface area contributed by atoms with Gasteiger partial charge in [0.15, 0.2) is 24.1 Å². The number of thioether (sulfide) groups is 2. The lowest BCUT2D eigenvalue weighted by Crippen LogP contribution is -2.71. The number of hydrogen-bond acceptors (Lipinski definition) is 15. The minimum Gasteiger partial charge on any atom is -0.543 e. The Bertz CT molecular complexity index is 1480. The number of nitrogens with zero attached hydrogens (tertiary/aromatic N) is 8. The fourth-order valence-corrected chi connectivity index (χ4v) is 6.38. The van der Waals surface area contributed by atoms with Crippen molar-refractivity contribution in [3.8, 4) is 0 Å². The maximum absolute atomic E-state index is 13.1. The van der Waals surface area contributed by atoms with Gasteiger partial charge in [-0.2, -0.15) is 14.6 Å². The smallest absolute Gasteiger partial charge is 0.278 e. The number of aromatic amines is 1. The maximum atomic E-state index is 13.1. The van der Waals surface area contributed by atoms with Gasteiger partial charge in [0, 0.05) is 40.7 Å². The highest BCUT2D eigenvalue weighted by Crippen LogP contribution is 2.40. The van der Waals surface area contributed by atoms with Gasteiger partial charge in [-0.1, -0.05) is 16.9 Å². The number of rotatable bonds is 11.